The Morgan fingerprint density at radius 2 is 1.57 bits per heavy atom. The van der Waals surface area contributed by atoms with E-state index in [1.54, 1.807) is 0 Å². The van der Waals surface area contributed by atoms with E-state index in [9.17, 15) is 4.79 Å². The number of ether oxygens (including phenoxy) is 3. The summed E-state index contributed by atoms with van der Waals surface area (Å²) in [6.45, 7) is 11.4. The van der Waals surface area contributed by atoms with Crippen LogP contribution in [0.1, 0.15) is 43.9 Å². The van der Waals surface area contributed by atoms with Gasteiger partial charge in [0.15, 0.2) is 17.6 Å². The Kier molecular flexibility index (Phi) is 8.18. The van der Waals surface area contributed by atoms with E-state index >= 15 is 0 Å². The molecule has 5 nitrogen and oxygen atoms in total. The fraction of sp³-hybridized carbons (Fsp3) is 0.435. The third-order valence-electron chi connectivity index (χ3n) is 4.21. The minimum Gasteiger partial charge on any atom is -0.490 e. The smallest absolute Gasteiger partial charge is 0.261 e. The lowest BCUT2D eigenvalue weighted by Crippen LogP contribution is -2.37. The zero-order valence-electron chi connectivity index (χ0n) is 17.5. The van der Waals surface area contributed by atoms with Crippen molar-refractivity contribution in [3.05, 3.63) is 53.1 Å². The SMILES string of the molecule is CCOc1ccc(CNC(=O)[C@@H](CC)Oc2cc(C)cc(C)c2)cc1OCC. The minimum atomic E-state index is -0.532. The van der Waals surface area contributed by atoms with Gasteiger partial charge < -0.3 is 19.5 Å². The number of amides is 1. The van der Waals surface area contributed by atoms with E-state index in [0.29, 0.717) is 37.7 Å². The lowest BCUT2D eigenvalue weighted by molar-refractivity contribution is -0.128. The monoisotopic (exact) mass is 385 g/mol. The van der Waals surface area contributed by atoms with Gasteiger partial charge in [0.2, 0.25) is 0 Å². The highest BCUT2D eigenvalue weighted by molar-refractivity contribution is 5.81. The van der Waals surface area contributed by atoms with Crippen molar-refractivity contribution in [3.8, 4) is 17.2 Å². The molecule has 152 valence electrons. The van der Waals surface area contributed by atoms with Crippen LogP contribution in [0.25, 0.3) is 0 Å². The highest BCUT2D eigenvalue weighted by Gasteiger charge is 2.18. The number of nitrogens with one attached hydrogen (secondary N) is 1. The summed E-state index contributed by atoms with van der Waals surface area (Å²) < 4.78 is 17.2. The van der Waals surface area contributed by atoms with Crippen molar-refractivity contribution in [1.82, 2.24) is 5.32 Å². The summed E-state index contributed by atoms with van der Waals surface area (Å²) in [4.78, 5) is 12.6. The second-order valence-electron chi connectivity index (χ2n) is 6.70. The molecule has 0 bridgehead atoms. The van der Waals surface area contributed by atoms with Crippen LogP contribution in [0, 0.1) is 13.8 Å². The summed E-state index contributed by atoms with van der Waals surface area (Å²) >= 11 is 0. The highest BCUT2D eigenvalue weighted by atomic mass is 16.5. The molecular weight excluding hydrogens is 354 g/mol. The van der Waals surface area contributed by atoms with E-state index in [4.69, 9.17) is 14.2 Å². The van der Waals surface area contributed by atoms with Gasteiger partial charge in [0.25, 0.3) is 5.91 Å². The van der Waals surface area contributed by atoms with Gasteiger partial charge in [-0.1, -0.05) is 19.1 Å². The molecule has 0 saturated heterocycles. The standard InChI is InChI=1S/C23H31NO4/c1-6-20(28-19-12-16(4)11-17(5)13-19)23(25)24-15-18-9-10-21(26-7-2)22(14-18)27-8-3/h9-14,20H,6-8,15H2,1-5H3,(H,24,25)/t20-/m1/s1. The van der Waals surface area contributed by atoms with Gasteiger partial charge in [-0.3, -0.25) is 4.79 Å². The number of benzene rings is 2. The van der Waals surface area contributed by atoms with Crippen LogP contribution in [0.5, 0.6) is 17.2 Å². The van der Waals surface area contributed by atoms with Crippen molar-refractivity contribution in [2.75, 3.05) is 13.2 Å². The summed E-state index contributed by atoms with van der Waals surface area (Å²) in [5.41, 5.74) is 3.17. The normalized spacial score (nSPS) is 11.6. The van der Waals surface area contributed by atoms with Gasteiger partial charge in [0.05, 0.1) is 13.2 Å². The zero-order chi connectivity index (χ0) is 20.5. The molecule has 0 aliphatic heterocycles. The van der Waals surface area contributed by atoms with Gasteiger partial charge in [-0.15, -0.1) is 0 Å². The maximum absolute atomic E-state index is 12.6. The minimum absolute atomic E-state index is 0.131. The lowest BCUT2D eigenvalue weighted by Gasteiger charge is -2.18. The summed E-state index contributed by atoms with van der Waals surface area (Å²) in [5, 5.41) is 2.96. The zero-order valence-corrected chi connectivity index (χ0v) is 17.5. The number of hydrogen-bond donors (Lipinski definition) is 1. The Morgan fingerprint density at radius 1 is 0.929 bits per heavy atom. The third kappa shape index (κ3) is 6.19. The quantitative estimate of drug-likeness (QED) is 0.651. The molecule has 2 aromatic rings. The number of carbonyl (C=O) groups excluding carboxylic acids is 1. The van der Waals surface area contributed by atoms with E-state index in [2.05, 4.69) is 11.4 Å². The Bertz CT molecular complexity index is 768. The van der Waals surface area contributed by atoms with Crippen LogP contribution in [-0.4, -0.2) is 25.2 Å². The molecule has 0 fully saturated rings. The number of carbonyl (C=O) groups is 1. The summed E-state index contributed by atoms with van der Waals surface area (Å²) in [6, 6.07) is 11.7. The van der Waals surface area contributed by atoms with Gasteiger partial charge >= 0.3 is 0 Å². The molecule has 0 aliphatic rings. The molecule has 5 heteroatoms. The number of rotatable bonds is 10. The molecule has 0 aromatic heterocycles. The molecule has 28 heavy (non-hydrogen) atoms. The highest BCUT2D eigenvalue weighted by Crippen LogP contribution is 2.28. The molecule has 1 N–H and O–H groups in total. The molecular formula is C23H31NO4. The van der Waals surface area contributed by atoms with Gasteiger partial charge in [-0.25, -0.2) is 0 Å². The fourth-order valence-corrected chi connectivity index (χ4v) is 3.00. The first-order chi connectivity index (χ1) is 13.5. The maximum atomic E-state index is 12.6. The van der Waals surface area contributed by atoms with Crippen molar-refractivity contribution in [1.29, 1.82) is 0 Å². The molecule has 0 aliphatic carbocycles. The topological polar surface area (TPSA) is 56.8 Å². The van der Waals surface area contributed by atoms with E-state index in [1.165, 1.54) is 0 Å². The predicted octanol–water partition coefficient (Wildman–Crippen LogP) is 4.57. The van der Waals surface area contributed by atoms with Crippen molar-refractivity contribution >= 4 is 5.91 Å². The molecule has 1 amide bonds. The largest absolute Gasteiger partial charge is 0.490 e. The molecule has 0 heterocycles. The Labute approximate surface area is 168 Å². The van der Waals surface area contributed by atoms with E-state index in [1.807, 2.05) is 65.0 Å². The van der Waals surface area contributed by atoms with Crippen LogP contribution in [-0.2, 0) is 11.3 Å². The lowest BCUT2D eigenvalue weighted by atomic mass is 10.1. The van der Waals surface area contributed by atoms with Gasteiger partial charge in [0, 0.05) is 6.54 Å². The first kappa shape index (κ1) is 21.6. The number of aryl methyl sites for hydroxylation is 2. The summed E-state index contributed by atoms with van der Waals surface area (Å²) in [6.07, 6.45) is 0.0574. The van der Waals surface area contributed by atoms with Crippen LogP contribution in [0.15, 0.2) is 36.4 Å². The van der Waals surface area contributed by atoms with Crippen LogP contribution in [0.3, 0.4) is 0 Å². The summed E-state index contributed by atoms with van der Waals surface area (Å²) in [5.74, 6) is 1.99. The molecule has 0 spiro atoms. The summed E-state index contributed by atoms with van der Waals surface area (Å²) in [7, 11) is 0. The average Bonchev–Trinajstić information content (AvgIpc) is 2.65. The van der Waals surface area contributed by atoms with Crippen molar-refractivity contribution in [2.45, 2.75) is 53.7 Å². The molecule has 0 saturated carbocycles. The van der Waals surface area contributed by atoms with Crippen LogP contribution >= 0.6 is 0 Å². The Morgan fingerprint density at radius 3 is 2.18 bits per heavy atom. The van der Waals surface area contributed by atoms with Gasteiger partial charge in [0.1, 0.15) is 5.75 Å². The second-order valence-corrected chi connectivity index (χ2v) is 6.70. The molecule has 0 radical (unpaired) electrons. The van der Waals surface area contributed by atoms with Gasteiger partial charge in [-0.05, 0) is 75.1 Å². The molecule has 2 aromatic carbocycles. The van der Waals surface area contributed by atoms with Crippen LogP contribution in [0.4, 0.5) is 0 Å². The van der Waals surface area contributed by atoms with Crippen LogP contribution < -0.4 is 19.5 Å². The van der Waals surface area contributed by atoms with Gasteiger partial charge in [-0.2, -0.15) is 0 Å². The second kappa shape index (κ2) is 10.6. The maximum Gasteiger partial charge on any atom is 0.261 e. The van der Waals surface area contributed by atoms with Crippen molar-refractivity contribution < 1.29 is 19.0 Å². The first-order valence-corrected chi connectivity index (χ1v) is 9.87. The Balaban J connectivity index is 2.01. The molecule has 2 rings (SSSR count). The van der Waals surface area contributed by atoms with E-state index < -0.39 is 6.10 Å². The average molecular weight is 386 g/mol. The van der Waals surface area contributed by atoms with Crippen LogP contribution in [0.2, 0.25) is 0 Å². The fourth-order valence-electron chi connectivity index (χ4n) is 3.00. The Hall–Kier alpha value is -2.69. The van der Waals surface area contributed by atoms with E-state index in [0.717, 1.165) is 22.4 Å². The molecule has 1 atom stereocenters. The first-order valence-electron chi connectivity index (χ1n) is 9.87. The number of hydrogen-bond acceptors (Lipinski definition) is 4. The van der Waals surface area contributed by atoms with E-state index in [-0.39, 0.29) is 5.91 Å². The third-order valence-corrected chi connectivity index (χ3v) is 4.21. The van der Waals surface area contributed by atoms with Crippen molar-refractivity contribution in [2.24, 2.45) is 0 Å². The molecule has 0 unspecified atom stereocenters. The predicted molar refractivity (Wildman–Crippen MR) is 111 cm³/mol. The van der Waals surface area contributed by atoms with Crippen molar-refractivity contribution in [3.63, 3.8) is 0 Å².